The van der Waals surface area contributed by atoms with Crippen LogP contribution in [0.4, 0.5) is 0 Å². The van der Waals surface area contributed by atoms with Gasteiger partial charge in [0.25, 0.3) is 11.1 Å². The Balaban J connectivity index is 1.48. The number of nitrogens with one attached hydrogen (secondary N) is 1. The van der Waals surface area contributed by atoms with Crippen molar-refractivity contribution < 1.29 is 9.53 Å². The van der Waals surface area contributed by atoms with Crippen LogP contribution in [0.5, 0.6) is 5.75 Å². The van der Waals surface area contributed by atoms with Gasteiger partial charge in [0.15, 0.2) is 0 Å². The number of benzene rings is 2. The van der Waals surface area contributed by atoms with E-state index >= 15 is 0 Å². The lowest BCUT2D eigenvalue weighted by molar-refractivity contribution is -0.122. The average molecular weight is 460 g/mol. The van der Waals surface area contributed by atoms with E-state index in [-0.39, 0.29) is 36.2 Å². The third-order valence-corrected chi connectivity index (χ3v) is 5.55. The minimum atomic E-state index is -0.342. The second-order valence-corrected chi connectivity index (χ2v) is 7.83. The molecule has 9 heteroatoms. The molecule has 0 fully saturated rings. The number of amides is 1. The summed E-state index contributed by atoms with van der Waals surface area (Å²) in [7, 11) is 1.60. The second-order valence-electron chi connectivity index (χ2n) is 7.83. The van der Waals surface area contributed by atoms with Gasteiger partial charge in [-0.15, -0.1) is 0 Å². The summed E-state index contributed by atoms with van der Waals surface area (Å²) < 4.78 is 7.80. The summed E-state index contributed by atoms with van der Waals surface area (Å²) in [4.78, 5) is 42.0. The van der Waals surface area contributed by atoms with Crippen molar-refractivity contribution in [1.29, 1.82) is 0 Å². The molecular formula is C25H25N5O4. The molecule has 0 saturated carbocycles. The molecule has 1 amide bonds. The van der Waals surface area contributed by atoms with Crippen molar-refractivity contribution in [3.63, 3.8) is 0 Å². The van der Waals surface area contributed by atoms with Gasteiger partial charge in [0, 0.05) is 17.7 Å². The maximum atomic E-state index is 12.7. The van der Waals surface area contributed by atoms with Gasteiger partial charge < -0.3 is 10.1 Å². The first-order valence-corrected chi connectivity index (χ1v) is 10.9. The fourth-order valence-electron chi connectivity index (χ4n) is 3.63. The normalized spacial score (nSPS) is 11.8. The van der Waals surface area contributed by atoms with E-state index in [9.17, 15) is 14.4 Å². The molecule has 2 heterocycles. The zero-order chi connectivity index (χ0) is 24.1. The van der Waals surface area contributed by atoms with Crippen LogP contribution in [0.15, 0.2) is 76.6 Å². The molecule has 34 heavy (non-hydrogen) atoms. The number of para-hydroxylation sites is 1. The van der Waals surface area contributed by atoms with Crippen molar-refractivity contribution in [1.82, 2.24) is 24.6 Å². The zero-order valence-electron chi connectivity index (χ0n) is 19.0. The SMILES string of the molecule is CC[C@H](Cn1nc(-c2ccc(OC)cc2)ccc1=O)NC(=O)Cn1cnc2ccccc2c1=O. The highest BCUT2D eigenvalue weighted by molar-refractivity contribution is 5.79. The van der Waals surface area contributed by atoms with E-state index in [2.05, 4.69) is 15.4 Å². The highest BCUT2D eigenvalue weighted by Crippen LogP contribution is 2.19. The maximum Gasteiger partial charge on any atom is 0.266 e. The van der Waals surface area contributed by atoms with Gasteiger partial charge >= 0.3 is 0 Å². The molecule has 4 rings (SSSR count). The summed E-state index contributed by atoms with van der Waals surface area (Å²) in [6.45, 7) is 1.95. The average Bonchev–Trinajstić information content (AvgIpc) is 2.86. The van der Waals surface area contributed by atoms with Crippen molar-refractivity contribution in [2.24, 2.45) is 0 Å². The van der Waals surface area contributed by atoms with Crippen molar-refractivity contribution in [2.45, 2.75) is 32.5 Å². The molecule has 0 bridgehead atoms. The number of methoxy groups -OCH3 is 1. The highest BCUT2D eigenvalue weighted by Gasteiger charge is 2.15. The van der Waals surface area contributed by atoms with Crippen LogP contribution in [0.25, 0.3) is 22.2 Å². The minimum absolute atomic E-state index is 0.165. The number of nitrogens with zero attached hydrogens (tertiary/aromatic N) is 4. The first-order valence-electron chi connectivity index (χ1n) is 10.9. The van der Waals surface area contributed by atoms with Crippen LogP contribution in [0, 0.1) is 0 Å². The van der Waals surface area contributed by atoms with Crippen molar-refractivity contribution in [3.05, 3.63) is 87.7 Å². The van der Waals surface area contributed by atoms with Gasteiger partial charge in [-0.05, 0) is 48.9 Å². The standard InChI is InChI=1S/C25H25N5O4/c1-3-18(27-23(31)15-29-16-26-22-7-5-4-6-20(22)25(29)33)14-30-24(32)13-12-21(28-30)17-8-10-19(34-2)11-9-17/h4-13,16,18H,3,14-15H2,1-2H3,(H,27,31)/t18-/m1/s1. The number of ether oxygens (including phenoxy) is 1. The Kier molecular flexibility index (Phi) is 6.82. The van der Waals surface area contributed by atoms with Crippen LogP contribution in [-0.2, 0) is 17.9 Å². The molecule has 4 aromatic rings. The maximum absolute atomic E-state index is 12.7. The number of rotatable bonds is 8. The molecule has 0 aliphatic heterocycles. The molecule has 2 aromatic carbocycles. The summed E-state index contributed by atoms with van der Waals surface area (Å²) in [6.07, 6.45) is 1.95. The van der Waals surface area contributed by atoms with Gasteiger partial charge in [-0.1, -0.05) is 19.1 Å². The van der Waals surface area contributed by atoms with E-state index < -0.39 is 0 Å². The molecule has 0 saturated heterocycles. The monoisotopic (exact) mass is 459 g/mol. The van der Waals surface area contributed by atoms with E-state index in [1.165, 1.54) is 21.6 Å². The van der Waals surface area contributed by atoms with Crippen molar-refractivity contribution >= 4 is 16.8 Å². The lowest BCUT2D eigenvalue weighted by Gasteiger charge is -2.18. The van der Waals surface area contributed by atoms with Crippen LogP contribution in [0.2, 0.25) is 0 Å². The summed E-state index contributed by atoms with van der Waals surface area (Å²) >= 11 is 0. The van der Waals surface area contributed by atoms with Gasteiger partial charge in [-0.3, -0.25) is 19.0 Å². The lowest BCUT2D eigenvalue weighted by Crippen LogP contribution is -2.42. The Morgan fingerprint density at radius 2 is 1.82 bits per heavy atom. The lowest BCUT2D eigenvalue weighted by atomic mass is 10.1. The van der Waals surface area contributed by atoms with Crippen LogP contribution >= 0.6 is 0 Å². The molecule has 0 spiro atoms. The molecule has 0 radical (unpaired) electrons. The summed E-state index contributed by atoms with van der Waals surface area (Å²) in [6, 6.07) is 17.2. The Bertz CT molecular complexity index is 1430. The molecule has 0 unspecified atom stereocenters. The predicted molar refractivity (Wildman–Crippen MR) is 129 cm³/mol. The van der Waals surface area contributed by atoms with E-state index in [1.54, 1.807) is 37.4 Å². The van der Waals surface area contributed by atoms with Crippen LogP contribution in [0.1, 0.15) is 13.3 Å². The molecular weight excluding hydrogens is 434 g/mol. The first kappa shape index (κ1) is 22.9. The fraction of sp³-hybridized carbons (Fsp3) is 0.240. The minimum Gasteiger partial charge on any atom is -0.497 e. The van der Waals surface area contributed by atoms with E-state index in [0.29, 0.717) is 23.0 Å². The topological polar surface area (TPSA) is 108 Å². The van der Waals surface area contributed by atoms with Gasteiger partial charge in [0.2, 0.25) is 5.91 Å². The van der Waals surface area contributed by atoms with Crippen molar-refractivity contribution in [3.8, 4) is 17.0 Å². The van der Waals surface area contributed by atoms with Gasteiger partial charge in [-0.25, -0.2) is 9.67 Å². The number of aromatic nitrogens is 4. The van der Waals surface area contributed by atoms with Crippen LogP contribution < -0.4 is 21.2 Å². The summed E-state index contributed by atoms with van der Waals surface area (Å²) in [5.41, 5.74) is 1.52. The summed E-state index contributed by atoms with van der Waals surface area (Å²) in [5.74, 6) is 0.386. The van der Waals surface area contributed by atoms with Gasteiger partial charge in [-0.2, -0.15) is 5.10 Å². The highest BCUT2D eigenvalue weighted by atomic mass is 16.5. The predicted octanol–water partition coefficient (Wildman–Crippen LogP) is 2.22. The first-order chi connectivity index (χ1) is 16.5. The number of hydrogen-bond acceptors (Lipinski definition) is 6. The van der Waals surface area contributed by atoms with Crippen molar-refractivity contribution in [2.75, 3.05) is 7.11 Å². The molecule has 9 nitrogen and oxygen atoms in total. The van der Waals surface area contributed by atoms with Gasteiger partial charge in [0.1, 0.15) is 12.3 Å². The molecule has 1 atom stereocenters. The Morgan fingerprint density at radius 1 is 1.06 bits per heavy atom. The molecule has 1 N–H and O–H groups in total. The fourth-order valence-corrected chi connectivity index (χ4v) is 3.63. The third kappa shape index (κ3) is 5.03. The quantitative estimate of drug-likeness (QED) is 0.433. The molecule has 0 aliphatic carbocycles. The Labute approximate surface area is 195 Å². The van der Waals surface area contributed by atoms with Crippen LogP contribution in [0.3, 0.4) is 0 Å². The number of fused-ring (bicyclic) bond motifs is 1. The summed E-state index contributed by atoms with van der Waals surface area (Å²) in [5, 5.41) is 7.82. The molecule has 174 valence electrons. The number of carbonyl (C=O) groups excluding carboxylic acids is 1. The Hall–Kier alpha value is -4.27. The molecule has 2 aromatic heterocycles. The second kappa shape index (κ2) is 10.1. The Morgan fingerprint density at radius 3 is 2.56 bits per heavy atom. The zero-order valence-corrected chi connectivity index (χ0v) is 19.0. The largest absolute Gasteiger partial charge is 0.497 e. The van der Waals surface area contributed by atoms with Crippen LogP contribution in [-0.4, -0.2) is 38.4 Å². The van der Waals surface area contributed by atoms with E-state index in [4.69, 9.17) is 4.74 Å². The van der Waals surface area contributed by atoms with E-state index in [1.807, 2.05) is 31.2 Å². The van der Waals surface area contributed by atoms with Gasteiger partial charge in [0.05, 0.1) is 36.6 Å². The smallest absolute Gasteiger partial charge is 0.266 e. The molecule has 0 aliphatic rings. The van der Waals surface area contributed by atoms with E-state index in [0.717, 1.165) is 11.3 Å². The number of carbonyl (C=O) groups is 1. The third-order valence-electron chi connectivity index (χ3n) is 5.55. The number of hydrogen-bond donors (Lipinski definition) is 1.